The lowest BCUT2D eigenvalue weighted by Crippen LogP contribution is -2.32. The molecule has 16 heavy (non-hydrogen) atoms. The fourth-order valence-corrected chi connectivity index (χ4v) is 2.14. The molecule has 1 saturated carbocycles. The number of ether oxygens (including phenoxy) is 1. The van der Waals surface area contributed by atoms with E-state index in [1.807, 2.05) is 0 Å². The Hall–Kier alpha value is -0.800. The van der Waals surface area contributed by atoms with E-state index in [-0.39, 0.29) is 12.4 Å². The maximum atomic E-state index is 13.4. The zero-order chi connectivity index (χ0) is 11.6. The van der Waals surface area contributed by atoms with Gasteiger partial charge in [-0.25, -0.2) is 4.39 Å². The first-order valence-corrected chi connectivity index (χ1v) is 5.77. The van der Waals surface area contributed by atoms with Crippen LogP contribution in [0.1, 0.15) is 25.7 Å². The van der Waals surface area contributed by atoms with E-state index in [1.54, 1.807) is 6.07 Å². The molecule has 4 heteroatoms. The number of hydrogen-bond acceptors (Lipinski definition) is 2. The summed E-state index contributed by atoms with van der Waals surface area (Å²) < 4.78 is 18.7. The number of aliphatic hydroxyl groups is 1. The Labute approximate surface area is 99.0 Å². The van der Waals surface area contributed by atoms with Crippen LogP contribution in [0.15, 0.2) is 18.2 Å². The molecule has 1 aromatic carbocycles. The Balaban J connectivity index is 1.99. The molecule has 2 rings (SSSR count). The van der Waals surface area contributed by atoms with Crippen LogP contribution >= 0.6 is 11.6 Å². The van der Waals surface area contributed by atoms with Gasteiger partial charge in [-0.05, 0) is 31.0 Å². The molecule has 0 atom stereocenters. The molecule has 0 spiro atoms. The van der Waals surface area contributed by atoms with Gasteiger partial charge in [0.1, 0.15) is 6.61 Å². The molecule has 0 heterocycles. The maximum absolute atomic E-state index is 13.4. The van der Waals surface area contributed by atoms with E-state index in [2.05, 4.69) is 0 Å². The molecule has 1 aromatic rings. The van der Waals surface area contributed by atoms with Crippen molar-refractivity contribution in [2.24, 2.45) is 0 Å². The lowest BCUT2D eigenvalue weighted by Gasteiger charge is -2.22. The predicted octanol–water partition coefficient (Wildman–Crippen LogP) is 3.16. The van der Waals surface area contributed by atoms with Crippen molar-refractivity contribution in [2.45, 2.75) is 31.3 Å². The predicted molar refractivity (Wildman–Crippen MR) is 60.3 cm³/mol. The van der Waals surface area contributed by atoms with Crippen LogP contribution in [-0.2, 0) is 0 Å². The summed E-state index contributed by atoms with van der Waals surface area (Å²) in [6, 6.07) is 4.25. The molecule has 88 valence electrons. The number of hydrogen-bond donors (Lipinski definition) is 1. The first-order chi connectivity index (χ1) is 7.59. The second kappa shape index (κ2) is 4.60. The minimum absolute atomic E-state index is 0.143. The van der Waals surface area contributed by atoms with Gasteiger partial charge in [-0.2, -0.15) is 0 Å². The Bertz CT molecular complexity index is 375. The van der Waals surface area contributed by atoms with Gasteiger partial charge >= 0.3 is 0 Å². The first-order valence-electron chi connectivity index (χ1n) is 5.39. The minimum atomic E-state index is -0.786. The highest BCUT2D eigenvalue weighted by atomic mass is 35.5. The highest BCUT2D eigenvalue weighted by molar-refractivity contribution is 6.30. The van der Waals surface area contributed by atoms with Crippen molar-refractivity contribution in [3.8, 4) is 5.75 Å². The second-order valence-electron chi connectivity index (χ2n) is 4.29. The summed E-state index contributed by atoms with van der Waals surface area (Å²) in [6.45, 7) is 0.144. The number of benzene rings is 1. The fraction of sp³-hybridized carbons (Fsp3) is 0.500. The van der Waals surface area contributed by atoms with Crippen LogP contribution in [0.3, 0.4) is 0 Å². The monoisotopic (exact) mass is 244 g/mol. The van der Waals surface area contributed by atoms with Crippen molar-refractivity contribution < 1.29 is 14.2 Å². The van der Waals surface area contributed by atoms with Crippen LogP contribution in [0.4, 0.5) is 4.39 Å². The smallest absolute Gasteiger partial charge is 0.166 e. The summed E-state index contributed by atoms with van der Waals surface area (Å²) in [5.41, 5.74) is -0.786. The molecule has 0 radical (unpaired) electrons. The minimum Gasteiger partial charge on any atom is -0.488 e. The third-order valence-corrected chi connectivity index (χ3v) is 3.16. The van der Waals surface area contributed by atoms with Gasteiger partial charge in [0.15, 0.2) is 11.6 Å². The van der Waals surface area contributed by atoms with Crippen molar-refractivity contribution >= 4 is 11.6 Å². The molecule has 1 N–H and O–H groups in total. The van der Waals surface area contributed by atoms with Crippen molar-refractivity contribution in [3.63, 3.8) is 0 Å². The van der Waals surface area contributed by atoms with Gasteiger partial charge in [0.2, 0.25) is 0 Å². The summed E-state index contributed by atoms with van der Waals surface area (Å²) >= 11 is 5.63. The zero-order valence-corrected chi connectivity index (χ0v) is 9.63. The van der Waals surface area contributed by atoms with E-state index in [1.165, 1.54) is 12.1 Å². The molecular formula is C12H14ClFO2. The van der Waals surface area contributed by atoms with Crippen LogP contribution in [0.25, 0.3) is 0 Å². The van der Waals surface area contributed by atoms with E-state index in [0.717, 1.165) is 25.7 Å². The summed E-state index contributed by atoms with van der Waals surface area (Å²) in [4.78, 5) is 0. The Morgan fingerprint density at radius 3 is 2.69 bits per heavy atom. The van der Waals surface area contributed by atoms with Gasteiger partial charge in [0.05, 0.1) is 5.60 Å². The molecule has 1 aliphatic carbocycles. The van der Waals surface area contributed by atoms with Crippen LogP contribution in [0.5, 0.6) is 5.75 Å². The molecule has 0 saturated heterocycles. The van der Waals surface area contributed by atoms with Crippen molar-refractivity contribution in [3.05, 3.63) is 29.0 Å². The van der Waals surface area contributed by atoms with Gasteiger partial charge in [0.25, 0.3) is 0 Å². The van der Waals surface area contributed by atoms with Crippen LogP contribution < -0.4 is 4.74 Å². The van der Waals surface area contributed by atoms with Crippen molar-refractivity contribution in [2.75, 3.05) is 6.61 Å². The van der Waals surface area contributed by atoms with Gasteiger partial charge in [-0.1, -0.05) is 24.4 Å². The largest absolute Gasteiger partial charge is 0.488 e. The van der Waals surface area contributed by atoms with Crippen LogP contribution in [0, 0.1) is 5.82 Å². The first kappa shape index (κ1) is 11.7. The summed E-state index contributed by atoms with van der Waals surface area (Å²) in [5, 5.41) is 10.4. The Morgan fingerprint density at radius 1 is 1.38 bits per heavy atom. The lowest BCUT2D eigenvalue weighted by atomic mass is 10.0. The molecule has 1 aliphatic rings. The average molecular weight is 245 g/mol. The summed E-state index contributed by atoms with van der Waals surface area (Å²) in [7, 11) is 0. The zero-order valence-electron chi connectivity index (χ0n) is 8.88. The van der Waals surface area contributed by atoms with Gasteiger partial charge < -0.3 is 9.84 Å². The highest BCUT2D eigenvalue weighted by Crippen LogP contribution is 2.30. The van der Waals surface area contributed by atoms with E-state index >= 15 is 0 Å². The third-order valence-electron chi connectivity index (χ3n) is 2.92. The molecule has 0 aliphatic heterocycles. The molecule has 1 fully saturated rings. The third kappa shape index (κ3) is 2.66. The molecule has 2 nitrogen and oxygen atoms in total. The highest BCUT2D eigenvalue weighted by Gasteiger charge is 2.32. The molecule has 0 bridgehead atoms. The van der Waals surface area contributed by atoms with E-state index in [0.29, 0.717) is 5.02 Å². The van der Waals surface area contributed by atoms with Gasteiger partial charge in [-0.3, -0.25) is 0 Å². The second-order valence-corrected chi connectivity index (χ2v) is 4.73. The lowest BCUT2D eigenvalue weighted by molar-refractivity contribution is 0.000335. The van der Waals surface area contributed by atoms with E-state index in [9.17, 15) is 9.50 Å². The maximum Gasteiger partial charge on any atom is 0.166 e. The average Bonchev–Trinajstić information content (AvgIpc) is 2.64. The van der Waals surface area contributed by atoms with Crippen molar-refractivity contribution in [1.82, 2.24) is 0 Å². The van der Waals surface area contributed by atoms with E-state index < -0.39 is 11.4 Å². The Morgan fingerprint density at radius 2 is 2.06 bits per heavy atom. The van der Waals surface area contributed by atoms with E-state index in [4.69, 9.17) is 16.3 Å². The van der Waals surface area contributed by atoms with Crippen molar-refractivity contribution in [1.29, 1.82) is 0 Å². The molecule has 0 unspecified atom stereocenters. The normalized spacial score (nSPS) is 18.7. The topological polar surface area (TPSA) is 29.5 Å². The van der Waals surface area contributed by atoms with Gasteiger partial charge in [0, 0.05) is 5.02 Å². The number of halogens is 2. The standard InChI is InChI=1S/C12H14ClFO2/c13-9-3-4-11(10(14)7-9)16-8-12(15)5-1-2-6-12/h3-4,7,15H,1-2,5-6,8H2. The SMILES string of the molecule is OC1(COc2ccc(Cl)cc2F)CCCC1. The summed E-state index contributed by atoms with van der Waals surface area (Å²) in [5.74, 6) is -0.348. The Kier molecular flexibility index (Phi) is 3.36. The quantitative estimate of drug-likeness (QED) is 0.885. The molecule has 0 amide bonds. The fourth-order valence-electron chi connectivity index (χ4n) is 1.98. The van der Waals surface area contributed by atoms with Gasteiger partial charge in [-0.15, -0.1) is 0 Å². The molecular weight excluding hydrogens is 231 g/mol. The molecule has 0 aromatic heterocycles. The summed E-state index contributed by atoms with van der Waals surface area (Å²) in [6.07, 6.45) is 3.45. The number of rotatable bonds is 3. The van der Waals surface area contributed by atoms with Crippen LogP contribution in [0.2, 0.25) is 5.02 Å². The van der Waals surface area contributed by atoms with Crippen LogP contribution in [-0.4, -0.2) is 17.3 Å².